The highest BCUT2D eigenvalue weighted by Gasteiger charge is 2.25. The van der Waals surface area contributed by atoms with Gasteiger partial charge in [-0.15, -0.1) is 0 Å². The van der Waals surface area contributed by atoms with Crippen molar-refractivity contribution < 1.29 is 16.8 Å². The van der Waals surface area contributed by atoms with Gasteiger partial charge in [-0.25, -0.2) is 16.8 Å². The molecule has 5 nitrogen and oxygen atoms in total. The van der Waals surface area contributed by atoms with Crippen molar-refractivity contribution >= 4 is 19.9 Å². The van der Waals surface area contributed by atoms with Crippen LogP contribution in [0.3, 0.4) is 0 Å². The van der Waals surface area contributed by atoms with Gasteiger partial charge in [0, 0.05) is 0 Å². The van der Waals surface area contributed by atoms with Crippen molar-refractivity contribution in [1.82, 2.24) is 4.72 Å². The minimum atomic E-state index is -3.89. The summed E-state index contributed by atoms with van der Waals surface area (Å²) in [5, 5.41) is 0. The predicted molar refractivity (Wildman–Crippen MR) is 130 cm³/mol. The lowest BCUT2D eigenvalue weighted by molar-refractivity contribution is 0.385. The molecule has 0 aromatic heterocycles. The van der Waals surface area contributed by atoms with Gasteiger partial charge in [0.1, 0.15) is 0 Å². The summed E-state index contributed by atoms with van der Waals surface area (Å²) in [6, 6.07) is 23.7. The van der Waals surface area contributed by atoms with Crippen LogP contribution in [0.1, 0.15) is 49.3 Å². The van der Waals surface area contributed by atoms with E-state index in [0.717, 1.165) is 36.8 Å². The molecular weight excluding hydrogens is 454 g/mol. The average molecular weight is 484 g/mol. The standard InChI is InChI=1S/C26H29NO4S2/c28-32(29,20-21-10-4-1-5-11-21)24-16-18-25(19-17-24)33(30,31)27-26(22-12-6-2-7-13-22)23-14-8-3-9-15-23/h2-3,6-9,12-19,21,26-27H,1,4-5,10-11,20H2. The smallest absolute Gasteiger partial charge is 0.224 e. The number of rotatable bonds is 8. The maximum absolute atomic E-state index is 13.2. The van der Waals surface area contributed by atoms with Gasteiger partial charge in [-0.2, -0.15) is 4.72 Å². The van der Waals surface area contributed by atoms with Crippen LogP contribution >= 0.6 is 0 Å². The summed E-state index contributed by atoms with van der Waals surface area (Å²) in [6.45, 7) is 0. The third-order valence-corrected chi connectivity index (χ3v) is 9.55. The molecule has 1 saturated carbocycles. The molecule has 4 rings (SSSR count). The van der Waals surface area contributed by atoms with E-state index in [1.165, 1.54) is 30.7 Å². The first-order valence-corrected chi connectivity index (χ1v) is 14.4. The van der Waals surface area contributed by atoms with Crippen molar-refractivity contribution in [2.75, 3.05) is 5.75 Å². The van der Waals surface area contributed by atoms with Crippen LogP contribution < -0.4 is 4.72 Å². The van der Waals surface area contributed by atoms with E-state index in [1.807, 2.05) is 60.7 Å². The van der Waals surface area contributed by atoms with Gasteiger partial charge in [0.2, 0.25) is 10.0 Å². The largest absolute Gasteiger partial charge is 0.241 e. The average Bonchev–Trinajstić information content (AvgIpc) is 2.84. The molecular formula is C26H29NO4S2. The van der Waals surface area contributed by atoms with Crippen molar-refractivity contribution in [2.24, 2.45) is 5.92 Å². The van der Waals surface area contributed by atoms with Gasteiger partial charge >= 0.3 is 0 Å². The zero-order valence-corrected chi connectivity index (χ0v) is 20.1. The molecule has 0 saturated heterocycles. The zero-order chi connectivity index (χ0) is 23.3. The monoisotopic (exact) mass is 483 g/mol. The van der Waals surface area contributed by atoms with Crippen molar-refractivity contribution in [1.29, 1.82) is 0 Å². The molecule has 174 valence electrons. The summed E-state index contributed by atoms with van der Waals surface area (Å²) in [4.78, 5) is 0.214. The van der Waals surface area contributed by atoms with Crippen LogP contribution in [-0.4, -0.2) is 22.6 Å². The Labute approximate surface area is 196 Å². The summed E-state index contributed by atoms with van der Waals surface area (Å²) in [5.41, 5.74) is 1.64. The SMILES string of the molecule is O=S(=O)(CC1CCCCC1)c1ccc(S(=O)(=O)NC(c2ccccc2)c2ccccc2)cc1. The van der Waals surface area contributed by atoms with Gasteiger partial charge in [0.25, 0.3) is 0 Å². The highest BCUT2D eigenvalue weighted by Crippen LogP contribution is 2.28. The Balaban J connectivity index is 1.56. The van der Waals surface area contributed by atoms with Crippen LogP contribution in [-0.2, 0) is 19.9 Å². The first kappa shape index (κ1) is 23.7. The minimum Gasteiger partial charge on any atom is -0.224 e. The second kappa shape index (κ2) is 10.2. The number of hydrogen-bond donors (Lipinski definition) is 1. The van der Waals surface area contributed by atoms with Crippen LogP contribution in [0.15, 0.2) is 94.7 Å². The first-order chi connectivity index (χ1) is 15.9. The lowest BCUT2D eigenvalue weighted by Crippen LogP contribution is -2.29. The highest BCUT2D eigenvalue weighted by molar-refractivity contribution is 7.91. The Morgan fingerprint density at radius 3 is 1.67 bits per heavy atom. The topological polar surface area (TPSA) is 80.3 Å². The first-order valence-electron chi connectivity index (χ1n) is 11.3. The van der Waals surface area contributed by atoms with Gasteiger partial charge < -0.3 is 0 Å². The molecule has 0 unspecified atom stereocenters. The quantitative estimate of drug-likeness (QED) is 0.483. The third kappa shape index (κ3) is 5.91. The Hall–Kier alpha value is -2.48. The summed E-state index contributed by atoms with van der Waals surface area (Å²) in [7, 11) is -7.34. The van der Waals surface area contributed by atoms with Crippen molar-refractivity contribution in [2.45, 2.75) is 47.9 Å². The van der Waals surface area contributed by atoms with E-state index in [-0.39, 0.29) is 21.5 Å². The van der Waals surface area contributed by atoms with Crippen LogP contribution in [0.4, 0.5) is 0 Å². The number of sulfone groups is 1. The van der Waals surface area contributed by atoms with E-state index in [2.05, 4.69) is 4.72 Å². The van der Waals surface area contributed by atoms with Gasteiger partial charge in [-0.05, 0) is 54.2 Å². The van der Waals surface area contributed by atoms with E-state index in [4.69, 9.17) is 0 Å². The number of sulfonamides is 1. The molecule has 0 aliphatic heterocycles. The maximum Gasteiger partial charge on any atom is 0.241 e. The van der Waals surface area contributed by atoms with E-state index >= 15 is 0 Å². The molecule has 0 heterocycles. The molecule has 0 atom stereocenters. The summed E-state index contributed by atoms with van der Waals surface area (Å²) in [5.74, 6) is 0.313. The molecule has 0 spiro atoms. The Morgan fingerprint density at radius 2 is 1.15 bits per heavy atom. The fourth-order valence-corrected chi connectivity index (χ4v) is 7.34. The van der Waals surface area contributed by atoms with Crippen molar-refractivity contribution in [3.8, 4) is 0 Å². The highest BCUT2D eigenvalue weighted by atomic mass is 32.2. The summed E-state index contributed by atoms with van der Waals surface area (Å²) >= 11 is 0. The van der Waals surface area contributed by atoms with Crippen LogP contribution in [0.5, 0.6) is 0 Å². The number of hydrogen-bond acceptors (Lipinski definition) is 4. The predicted octanol–water partition coefficient (Wildman–Crippen LogP) is 5.11. The van der Waals surface area contributed by atoms with E-state index in [1.54, 1.807) is 0 Å². The molecule has 1 aliphatic rings. The molecule has 1 aliphatic carbocycles. The normalized spacial score (nSPS) is 15.5. The Morgan fingerprint density at radius 1 is 0.667 bits per heavy atom. The Bertz CT molecular complexity index is 1210. The molecule has 1 N–H and O–H groups in total. The van der Waals surface area contributed by atoms with E-state index in [0.29, 0.717) is 0 Å². The fraction of sp³-hybridized carbons (Fsp3) is 0.308. The maximum atomic E-state index is 13.2. The zero-order valence-electron chi connectivity index (χ0n) is 18.4. The molecule has 3 aromatic carbocycles. The van der Waals surface area contributed by atoms with Crippen molar-refractivity contribution in [3.05, 3.63) is 96.1 Å². The van der Waals surface area contributed by atoms with E-state index in [9.17, 15) is 16.8 Å². The third-order valence-electron chi connectivity index (χ3n) is 6.21. The number of benzene rings is 3. The van der Waals surface area contributed by atoms with Gasteiger partial charge in [-0.3, -0.25) is 0 Å². The molecule has 0 amide bonds. The molecule has 7 heteroatoms. The van der Waals surface area contributed by atoms with Gasteiger partial charge in [-0.1, -0.05) is 79.9 Å². The molecule has 1 fully saturated rings. The Kier molecular flexibility index (Phi) is 7.32. The van der Waals surface area contributed by atoms with Crippen LogP contribution in [0, 0.1) is 5.92 Å². The fourth-order valence-electron chi connectivity index (χ4n) is 4.43. The number of nitrogens with one attached hydrogen (secondary N) is 1. The molecule has 0 bridgehead atoms. The molecule has 3 aromatic rings. The minimum absolute atomic E-state index is 0.0379. The second-order valence-corrected chi connectivity index (χ2v) is 12.4. The summed E-state index contributed by atoms with van der Waals surface area (Å²) < 4.78 is 54.9. The lowest BCUT2D eigenvalue weighted by Gasteiger charge is -2.21. The van der Waals surface area contributed by atoms with Crippen LogP contribution in [0.2, 0.25) is 0 Å². The van der Waals surface area contributed by atoms with E-state index < -0.39 is 25.9 Å². The molecule has 33 heavy (non-hydrogen) atoms. The van der Waals surface area contributed by atoms with Crippen molar-refractivity contribution in [3.63, 3.8) is 0 Å². The van der Waals surface area contributed by atoms with Gasteiger partial charge in [0.15, 0.2) is 9.84 Å². The molecule has 0 radical (unpaired) electrons. The lowest BCUT2D eigenvalue weighted by atomic mass is 9.91. The second-order valence-electron chi connectivity index (χ2n) is 8.63. The van der Waals surface area contributed by atoms with Crippen LogP contribution in [0.25, 0.3) is 0 Å². The summed E-state index contributed by atoms with van der Waals surface area (Å²) in [6.07, 6.45) is 5.20. The van der Waals surface area contributed by atoms with Gasteiger partial charge in [0.05, 0.1) is 21.6 Å².